The smallest absolute Gasteiger partial charge is 0.248 e. The van der Waals surface area contributed by atoms with E-state index in [1.165, 1.54) is 35.5 Å². The van der Waals surface area contributed by atoms with E-state index in [9.17, 15) is 9.59 Å². The van der Waals surface area contributed by atoms with Crippen LogP contribution in [0.1, 0.15) is 27.0 Å². The number of phenols is 1. The van der Waals surface area contributed by atoms with E-state index in [0.717, 1.165) is 29.4 Å². The van der Waals surface area contributed by atoms with Crippen LogP contribution in [0.5, 0.6) is 5.75 Å². The van der Waals surface area contributed by atoms with E-state index < -0.39 is 5.91 Å². The van der Waals surface area contributed by atoms with Crippen molar-refractivity contribution >= 4 is 40.5 Å². The molecule has 7 nitrogen and oxygen atoms in total. The average molecular weight is 489 g/mol. The molecule has 0 radical (unpaired) electrons. The Morgan fingerprint density at radius 1 is 1.06 bits per heavy atom. The summed E-state index contributed by atoms with van der Waals surface area (Å²) < 4.78 is 1.98. The summed E-state index contributed by atoms with van der Waals surface area (Å²) in [5.74, 6) is -0.481. The van der Waals surface area contributed by atoms with E-state index >= 15 is 0 Å². The van der Waals surface area contributed by atoms with Gasteiger partial charge in [-0.15, -0.1) is 0 Å². The Hall–Kier alpha value is -4.10. The lowest BCUT2D eigenvalue weighted by atomic mass is 10.00. The molecule has 0 saturated carbocycles. The van der Waals surface area contributed by atoms with Gasteiger partial charge in [0.2, 0.25) is 11.8 Å². The van der Waals surface area contributed by atoms with Crippen LogP contribution < -0.4 is 5.73 Å². The molecule has 0 bridgehead atoms. The molecule has 0 saturated heterocycles. The number of hydrogen-bond donors (Lipinski definition) is 3. The van der Waals surface area contributed by atoms with Gasteiger partial charge in [-0.2, -0.15) is 0 Å². The highest BCUT2D eigenvalue weighted by atomic mass is 35.5. The number of carbonyl (C=O) groups is 2. The van der Waals surface area contributed by atoms with E-state index in [1.807, 2.05) is 46.0 Å². The summed E-state index contributed by atoms with van der Waals surface area (Å²) >= 11 is 5.50. The standard InChI is InChI=1S/C20H19N3O.C7H6ClNO2/c21-12-16-6-3-7-19-18(16)9-11-22(19)14-20(24)23-10-8-15-4-1-2-5-17(15)13-23;8-5-3-4(7(9)11)1-2-6(5)10/h1-7,9,11-12,21H,8,10,13-14H2;1-3,10H,(H2,9,11). The molecule has 4 N–H and O–H groups in total. The van der Waals surface area contributed by atoms with Gasteiger partial charge in [0.05, 0.1) is 5.02 Å². The monoisotopic (exact) mass is 488 g/mol. The number of nitrogens with zero attached hydrogens (tertiary/aromatic N) is 2. The van der Waals surface area contributed by atoms with Crippen molar-refractivity contribution in [2.45, 2.75) is 19.5 Å². The SMILES string of the molecule is N=Cc1cccc2c1ccn2CC(=O)N1CCc2ccccc2C1.NC(=O)c1ccc(O)c(Cl)c1. The molecule has 2 heterocycles. The van der Waals surface area contributed by atoms with Crippen LogP contribution in [0.25, 0.3) is 10.9 Å². The fourth-order valence-corrected chi connectivity index (χ4v) is 4.31. The predicted octanol–water partition coefficient (Wildman–Crippen LogP) is 4.37. The van der Waals surface area contributed by atoms with Gasteiger partial charge in [0, 0.05) is 47.5 Å². The lowest BCUT2D eigenvalue weighted by Gasteiger charge is -2.29. The van der Waals surface area contributed by atoms with Crippen molar-refractivity contribution in [1.82, 2.24) is 9.47 Å². The zero-order valence-electron chi connectivity index (χ0n) is 18.9. The van der Waals surface area contributed by atoms with Crippen LogP contribution in [-0.4, -0.2) is 39.1 Å². The summed E-state index contributed by atoms with van der Waals surface area (Å²) in [6.45, 7) is 1.81. The molecular formula is C27H25ClN4O3. The molecule has 2 amide bonds. The summed E-state index contributed by atoms with van der Waals surface area (Å²) in [7, 11) is 0. The molecule has 0 aliphatic carbocycles. The normalized spacial score (nSPS) is 12.4. The lowest BCUT2D eigenvalue weighted by Crippen LogP contribution is -2.37. The van der Waals surface area contributed by atoms with Gasteiger partial charge < -0.3 is 25.7 Å². The van der Waals surface area contributed by atoms with Crippen LogP contribution in [0.15, 0.2) is 72.9 Å². The highest BCUT2D eigenvalue weighted by molar-refractivity contribution is 6.32. The number of carbonyl (C=O) groups excluding carboxylic acids is 2. The summed E-state index contributed by atoms with van der Waals surface area (Å²) in [4.78, 5) is 25.2. The maximum absolute atomic E-state index is 12.7. The van der Waals surface area contributed by atoms with Gasteiger partial charge in [0.15, 0.2) is 0 Å². The third kappa shape index (κ3) is 5.36. The second-order valence-electron chi connectivity index (χ2n) is 8.23. The Balaban J connectivity index is 0.000000221. The average Bonchev–Trinajstić information content (AvgIpc) is 3.28. The van der Waals surface area contributed by atoms with Crippen molar-refractivity contribution in [2.75, 3.05) is 6.54 Å². The fraction of sp³-hybridized carbons (Fsp3) is 0.148. The minimum atomic E-state index is -0.563. The van der Waals surface area contributed by atoms with Crippen LogP contribution in [0.2, 0.25) is 5.02 Å². The number of aromatic hydroxyl groups is 1. The zero-order valence-corrected chi connectivity index (χ0v) is 19.7. The highest BCUT2D eigenvalue weighted by Crippen LogP contribution is 2.23. The van der Waals surface area contributed by atoms with Crippen molar-refractivity contribution in [3.05, 3.63) is 100 Å². The molecule has 0 fully saturated rings. The van der Waals surface area contributed by atoms with Gasteiger partial charge in [-0.1, -0.05) is 48.0 Å². The van der Waals surface area contributed by atoms with Crippen molar-refractivity contribution in [3.63, 3.8) is 0 Å². The molecule has 0 spiro atoms. The first-order chi connectivity index (χ1) is 16.9. The Morgan fingerprint density at radius 3 is 2.54 bits per heavy atom. The molecule has 8 heteroatoms. The Kier molecular flexibility index (Phi) is 7.17. The third-order valence-electron chi connectivity index (χ3n) is 6.02. The quantitative estimate of drug-likeness (QED) is 0.371. The van der Waals surface area contributed by atoms with E-state index in [4.69, 9.17) is 27.9 Å². The molecule has 35 heavy (non-hydrogen) atoms. The van der Waals surface area contributed by atoms with Crippen molar-refractivity contribution in [2.24, 2.45) is 5.73 Å². The summed E-state index contributed by atoms with van der Waals surface area (Å²) in [5.41, 5.74) is 9.72. The number of benzene rings is 3. The summed E-state index contributed by atoms with van der Waals surface area (Å²) in [6.07, 6.45) is 4.22. The summed E-state index contributed by atoms with van der Waals surface area (Å²) in [5, 5.41) is 17.6. The first kappa shape index (κ1) is 24.0. The Morgan fingerprint density at radius 2 is 1.83 bits per heavy atom. The first-order valence-corrected chi connectivity index (χ1v) is 11.5. The lowest BCUT2D eigenvalue weighted by molar-refractivity contribution is -0.132. The number of amides is 2. The van der Waals surface area contributed by atoms with Crippen LogP contribution in [0, 0.1) is 5.41 Å². The van der Waals surface area contributed by atoms with Crippen LogP contribution >= 0.6 is 11.6 Å². The number of fused-ring (bicyclic) bond motifs is 2. The van der Waals surface area contributed by atoms with Gasteiger partial charge in [-0.05, 0) is 47.9 Å². The number of rotatable bonds is 4. The van der Waals surface area contributed by atoms with Crippen molar-refractivity contribution in [1.29, 1.82) is 5.41 Å². The van der Waals surface area contributed by atoms with E-state index in [1.54, 1.807) is 0 Å². The van der Waals surface area contributed by atoms with Crippen LogP contribution in [-0.2, 0) is 24.3 Å². The number of phenolic OH excluding ortho intramolecular Hbond substituents is 1. The Labute approximate surface area is 207 Å². The molecule has 1 aliphatic rings. The second kappa shape index (κ2) is 10.4. The van der Waals surface area contributed by atoms with E-state index in [-0.39, 0.29) is 22.2 Å². The Bertz CT molecular complexity index is 1410. The molecule has 0 unspecified atom stereocenters. The largest absolute Gasteiger partial charge is 0.506 e. The molecule has 1 aromatic heterocycles. The maximum atomic E-state index is 12.7. The number of nitrogens with two attached hydrogens (primary N) is 1. The molecule has 4 aromatic rings. The first-order valence-electron chi connectivity index (χ1n) is 11.1. The number of nitrogens with one attached hydrogen (secondary N) is 1. The molecule has 3 aromatic carbocycles. The van der Waals surface area contributed by atoms with E-state index in [0.29, 0.717) is 13.1 Å². The van der Waals surface area contributed by atoms with Gasteiger partial charge >= 0.3 is 0 Å². The fourth-order valence-electron chi connectivity index (χ4n) is 4.13. The van der Waals surface area contributed by atoms with Gasteiger partial charge in [0.1, 0.15) is 12.3 Å². The van der Waals surface area contributed by atoms with E-state index in [2.05, 4.69) is 18.2 Å². The second-order valence-corrected chi connectivity index (χ2v) is 8.64. The molecule has 5 rings (SSSR count). The topological polar surface area (TPSA) is 112 Å². The minimum Gasteiger partial charge on any atom is -0.506 e. The number of primary amides is 1. The molecule has 0 atom stereocenters. The third-order valence-corrected chi connectivity index (χ3v) is 6.33. The van der Waals surface area contributed by atoms with Crippen LogP contribution in [0.4, 0.5) is 0 Å². The van der Waals surface area contributed by atoms with Gasteiger partial charge in [-0.25, -0.2) is 0 Å². The summed E-state index contributed by atoms with van der Waals surface area (Å²) in [6, 6.07) is 20.2. The predicted molar refractivity (Wildman–Crippen MR) is 137 cm³/mol. The highest BCUT2D eigenvalue weighted by Gasteiger charge is 2.21. The minimum absolute atomic E-state index is 0.0586. The number of aromatic nitrogens is 1. The van der Waals surface area contributed by atoms with Crippen molar-refractivity contribution < 1.29 is 14.7 Å². The maximum Gasteiger partial charge on any atom is 0.248 e. The molecule has 1 aliphatic heterocycles. The van der Waals surface area contributed by atoms with Crippen LogP contribution in [0.3, 0.4) is 0 Å². The van der Waals surface area contributed by atoms with Gasteiger partial charge in [-0.3, -0.25) is 9.59 Å². The number of halogens is 1. The number of hydrogen-bond acceptors (Lipinski definition) is 4. The van der Waals surface area contributed by atoms with Crippen molar-refractivity contribution in [3.8, 4) is 5.75 Å². The molecular weight excluding hydrogens is 464 g/mol. The molecule has 178 valence electrons. The van der Waals surface area contributed by atoms with Gasteiger partial charge in [0.25, 0.3) is 0 Å². The zero-order chi connectivity index (χ0) is 24.9.